The Kier molecular flexibility index (Phi) is 7.28. The van der Waals surface area contributed by atoms with E-state index in [4.69, 9.17) is 15.2 Å². The maximum atomic E-state index is 16.0. The van der Waals surface area contributed by atoms with Crippen molar-refractivity contribution in [1.29, 1.82) is 0 Å². The lowest BCUT2D eigenvalue weighted by molar-refractivity contribution is -0.0698. The van der Waals surface area contributed by atoms with Crippen molar-refractivity contribution in [2.75, 3.05) is 45.1 Å². The van der Waals surface area contributed by atoms with Gasteiger partial charge in [-0.3, -0.25) is 0 Å². The molecule has 194 valence electrons. The predicted molar refractivity (Wildman–Crippen MR) is 132 cm³/mol. The van der Waals surface area contributed by atoms with Gasteiger partial charge in [0.05, 0.1) is 18.7 Å². The second-order valence-corrected chi connectivity index (χ2v) is 9.16. The number of hydrogen-bond acceptors (Lipinski definition) is 7. The average Bonchev–Trinajstić information content (AvgIpc) is 2.83. The summed E-state index contributed by atoms with van der Waals surface area (Å²) in [5.41, 5.74) is 5.86. The molecule has 4 rings (SSSR count). The monoisotopic (exact) mass is 504 g/mol. The number of methoxy groups -OCH3 is 2. The van der Waals surface area contributed by atoms with Crippen molar-refractivity contribution < 1.29 is 27.4 Å². The highest BCUT2D eigenvalue weighted by molar-refractivity contribution is 5.91. The summed E-state index contributed by atoms with van der Waals surface area (Å²) in [6, 6.07) is 7.24. The summed E-state index contributed by atoms with van der Waals surface area (Å²) in [7, 11) is 2.72. The molecule has 2 aromatic carbocycles. The molecule has 0 bridgehead atoms. The van der Waals surface area contributed by atoms with Crippen molar-refractivity contribution in [2.45, 2.75) is 44.3 Å². The number of fused-ring (bicyclic) bond motifs is 1. The van der Waals surface area contributed by atoms with Crippen LogP contribution in [0.15, 0.2) is 30.3 Å². The number of hydrogen-bond donors (Lipinski definition) is 2. The predicted octanol–water partition coefficient (Wildman–Crippen LogP) is 5.42. The van der Waals surface area contributed by atoms with Gasteiger partial charge in [-0.15, -0.1) is 0 Å². The van der Waals surface area contributed by atoms with Crippen LogP contribution in [-0.2, 0) is 21.1 Å². The van der Waals surface area contributed by atoms with Gasteiger partial charge in [0.1, 0.15) is 29.7 Å². The fourth-order valence-electron chi connectivity index (χ4n) is 4.56. The van der Waals surface area contributed by atoms with Crippen LogP contribution >= 0.6 is 0 Å². The molecule has 2 heterocycles. The number of halogens is 3. The molecule has 1 aliphatic rings. The van der Waals surface area contributed by atoms with Gasteiger partial charge in [-0.1, -0.05) is 0 Å². The Morgan fingerprint density at radius 2 is 1.86 bits per heavy atom. The smallest absolute Gasteiger partial charge is 0.296 e. The standard InChI is InChI=1S/C26H31F3N4O3/c1-15(17-9-18(11-19(30)10-17)26(28,29)14-34-3)31-24-20-12-21(25(27)5-7-36-8-6-25)23(35-4)13-22(20)32-16(2)33-24/h9-13,15H,5-8,14,30H2,1-4H3,(H,31,32,33)/t15-/m1/s1. The Morgan fingerprint density at radius 1 is 1.14 bits per heavy atom. The molecule has 36 heavy (non-hydrogen) atoms. The molecule has 10 heteroatoms. The van der Waals surface area contributed by atoms with Crippen LogP contribution in [0, 0.1) is 6.92 Å². The maximum Gasteiger partial charge on any atom is 0.296 e. The first-order chi connectivity index (χ1) is 17.1. The van der Waals surface area contributed by atoms with Gasteiger partial charge in [-0.25, -0.2) is 14.4 Å². The minimum Gasteiger partial charge on any atom is -0.496 e. The van der Waals surface area contributed by atoms with Crippen LogP contribution in [-0.4, -0.2) is 44.0 Å². The number of aryl methyl sites for hydroxylation is 1. The third-order valence-electron chi connectivity index (χ3n) is 6.48. The van der Waals surface area contributed by atoms with Crippen LogP contribution in [0.5, 0.6) is 5.75 Å². The first-order valence-corrected chi connectivity index (χ1v) is 11.7. The van der Waals surface area contributed by atoms with Crippen LogP contribution in [0.25, 0.3) is 10.9 Å². The lowest BCUT2D eigenvalue weighted by Gasteiger charge is -2.31. The van der Waals surface area contributed by atoms with E-state index in [1.54, 1.807) is 25.1 Å². The third kappa shape index (κ3) is 5.19. The molecule has 1 aliphatic heterocycles. The fourth-order valence-corrected chi connectivity index (χ4v) is 4.56. The number of anilines is 2. The van der Waals surface area contributed by atoms with Crippen molar-refractivity contribution in [1.82, 2.24) is 9.97 Å². The van der Waals surface area contributed by atoms with E-state index >= 15 is 4.39 Å². The maximum absolute atomic E-state index is 16.0. The summed E-state index contributed by atoms with van der Waals surface area (Å²) in [6.07, 6.45) is 0.422. The normalized spacial score (nSPS) is 16.6. The molecule has 0 spiro atoms. The molecule has 1 aromatic heterocycles. The van der Waals surface area contributed by atoms with Gasteiger partial charge in [-0.2, -0.15) is 8.78 Å². The second-order valence-electron chi connectivity index (χ2n) is 9.16. The van der Waals surface area contributed by atoms with E-state index in [1.165, 1.54) is 26.4 Å². The Balaban J connectivity index is 1.76. The highest BCUT2D eigenvalue weighted by Crippen LogP contribution is 2.43. The molecule has 0 unspecified atom stereocenters. The summed E-state index contributed by atoms with van der Waals surface area (Å²) in [5, 5.41) is 3.89. The van der Waals surface area contributed by atoms with Crippen molar-refractivity contribution in [3.8, 4) is 5.75 Å². The first kappa shape index (κ1) is 26.0. The SMILES string of the molecule is COCC(F)(F)c1cc(N)cc([C@@H](C)Nc2nc(C)nc3cc(OC)c(C4(F)CCOCC4)cc23)c1. The van der Waals surface area contributed by atoms with Gasteiger partial charge >= 0.3 is 0 Å². The van der Waals surface area contributed by atoms with Crippen LogP contribution in [0.4, 0.5) is 24.7 Å². The number of nitrogen functional groups attached to an aromatic ring is 1. The number of nitrogens with one attached hydrogen (secondary N) is 1. The van der Waals surface area contributed by atoms with E-state index in [1.807, 2.05) is 6.92 Å². The number of nitrogens with two attached hydrogens (primary N) is 1. The highest BCUT2D eigenvalue weighted by atomic mass is 19.3. The van der Waals surface area contributed by atoms with Crippen molar-refractivity contribution in [2.24, 2.45) is 0 Å². The van der Waals surface area contributed by atoms with E-state index in [9.17, 15) is 8.78 Å². The summed E-state index contributed by atoms with van der Waals surface area (Å²) < 4.78 is 60.6. The van der Waals surface area contributed by atoms with E-state index in [0.717, 1.165) is 0 Å². The van der Waals surface area contributed by atoms with Crippen LogP contribution in [0.2, 0.25) is 0 Å². The quantitative estimate of drug-likeness (QED) is 0.396. The van der Waals surface area contributed by atoms with E-state index < -0.39 is 24.2 Å². The molecule has 3 N–H and O–H groups in total. The molecule has 0 saturated carbocycles. The molecule has 7 nitrogen and oxygen atoms in total. The number of aromatic nitrogens is 2. The summed E-state index contributed by atoms with van der Waals surface area (Å²) in [5.74, 6) is -1.84. The minimum atomic E-state index is -3.19. The van der Waals surface area contributed by atoms with Gasteiger partial charge in [0, 0.05) is 61.4 Å². The molecule has 1 saturated heterocycles. The first-order valence-electron chi connectivity index (χ1n) is 11.7. The van der Waals surface area contributed by atoms with E-state index in [2.05, 4.69) is 20.0 Å². The number of ether oxygens (including phenoxy) is 3. The Morgan fingerprint density at radius 3 is 2.53 bits per heavy atom. The van der Waals surface area contributed by atoms with Crippen LogP contribution in [0.3, 0.4) is 0 Å². The minimum absolute atomic E-state index is 0.210. The van der Waals surface area contributed by atoms with Gasteiger partial charge < -0.3 is 25.3 Å². The number of rotatable bonds is 8. The summed E-state index contributed by atoms with van der Waals surface area (Å²) >= 11 is 0. The molecule has 1 fully saturated rings. The number of nitrogens with zero attached hydrogens (tertiary/aromatic N) is 2. The number of alkyl halides is 3. The molecule has 1 atom stereocenters. The fraction of sp³-hybridized carbons (Fsp3) is 0.462. The van der Waals surface area contributed by atoms with E-state index in [-0.39, 0.29) is 24.1 Å². The largest absolute Gasteiger partial charge is 0.496 e. The average molecular weight is 505 g/mol. The molecular weight excluding hydrogens is 473 g/mol. The molecule has 0 aliphatic carbocycles. The summed E-state index contributed by atoms with van der Waals surface area (Å²) in [6.45, 7) is 3.43. The number of benzene rings is 2. The Hall–Kier alpha value is -3.11. The zero-order valence-corrected chi connectivity index (χ0v) is 20.8. The zero-order chi connectivity index (χ0) is 26.1. The van der Waals surface area contributed by atoms with Crippen molar-refractivity contribution >= 4 is 22.4 Å². The molecular formula is C26H31F3N4O3. The lowest BCUT2D eigenvalue weighted by atomic mass is 9.86. The van der Waals surface area contributed by atoms with Gasteiger partial charge in [-0.05, 0) is 43.7 Å². The van der Waals surface area contributed by atoms with E-state index in [0.29, 0.717) is 52.6 Å². The van der Waals surface area contributed by atoms with Crippen molar-refractivity contribution in [3.05, 3.63) is 52.8 Å². The lowest BCUT2D eigenvalue weighted by Crippen LogP contribution is -2.29. The van der Waals surface area contributed by atoms with Crippen LogP contribution in [0.1, 0.15) is 48.3 Å². The molecule has 3 aromatic rings. The Labute approximate surface area is 208 Å². The van der Waals surface area contributed by atoms with Gasteiger partial charge in [0.2, 0.25) is 0 Å². The molecule has 0 amide bonds. The van der Waals surface area contributed by atoms with Gasteiger partial charge in [0.15, 0.2) is 0 Å². The summed E-state index contributed by atoms with van der Waals surface area (Å²) in [4.78, 5) is 9.05. The van der Waals surface area contributed by atoms with Crippen molar-refractivity contribution in [3.63, 3.8) is 0 Å². The highest BCUT2D eigenvalue weighted by Gasteiger charge is 2.37. The molecule has 0 radical (unpaired) electrons. The zero-order valence-electron chi connectivity index (χ0n) is 20.8. The Bertz CT molecular complexity index is 1250. The van der Waals surface area contributed by atoms with Gasteiger partial charge in [0.25, 0.3) is 5.92 Å². The third-order valence-corrected chi connectivity index (χ3v) is 6.48. The topological polar surface area (TPSA) is 91.5 Å². The van der Waals surface area contributed by atoms with Crippen LogP contribution < -0.4 is 15.8 Å². The second kappa shape index (κ2) is 10.1.